The number of nitrogens with one attached hydrogen (secondary N) is 2. The number of carbonyl (C=O) groups is 1. The first kappa shape index (κ1) is 13.3. The zero-order valence-electron chi connectivity index (χ0n) is 9.74. The van der Waals surface area contributed by atoms with Gasteiger partial charge in [0.25, 0.3) is 0 Å². The van der Waals surface area contributed by atoms with Crippen LogP contribution in [0.2, 0.25) is 0 Å². The number of nitrogen functional groups attached to an aromatic ring is 1. The molecule has 2 amide bonds. The zero-order valence-corrected chi connectivity index (χ0v) is 10.6. The predicted molar refractivity (Wildman–Crippen MR) is 70.9 cm³/mol. The maximum atomic E-state index is 13.4. The Labute approximate surface area is 112 Å². The van der Waals surface area contributed by atoms with E-state index in [4.69, 9.17) is 5.73 Å². The molecule has 0 saturated carbocycles. The van der Waals surface area contributed by atoms with Crippen molar-refractivity contribution in [1.29, 1.82) is 0 Å². The van der Waals surface area contributed by atoms with E-state index in [0.29, 0.717) is 12.6 Å². The van der Waals surface area contributed by atoms with Crippen LogP contribution in [-0.4, -0.2) is 6.03 Å². The number of rotatable bonds is 3. The van der Waals surface area contributed by atoms with E-state index in [2.05, 4.69) is 10.6 Å². The van der Waals surface area contributed by atoms with Crippen LogP contribution >= 0.6 is 11.3 Å². The first-order chi connectivity index (χ1) is 9.06. The summed E-state index contributed by atoms with van der Waals surface area (Å²) in [6, 6.07) is 4.71. The molecule has 0 aliphatic rings. The van der Waals surface area contributed by atoms with Gasteiger partial charge in [0, 0.05) is 10.9 Å². The molecule has 1 heterocycles. The van der Waals surface area contributed by atoms with Crippen molar-refractivity contribution >= 4 is 28.7 Å². The van der Waals surface area contributed by atoms with Crippen molar-refractivity contribution in [2.75, 3.05) is 11.1 Å². The third-order valence-electron chi connectivity index (χ3n) is 2.33. The summed E-state index contributed by atoms with van der Waals surface area (Å²) in [5.74, 6) is -1.71. The molecular weight excluding hydrogens is 272 g/mol. The van der Waals surface area contributed by atoms with E-state index in [9.17, 15) is 13.6 Å². The van der Waals surface area contributed by atoms with E-state index in [1.54, 1.807) is 0 Å². The lowest BCUT2D eigenvalue weighted by Crippen LogP contribution is -2.28. The lowest BCUT2D eigenvalue weighted by molar-refractivity contribution is 0.251. The lowest BCUT2D eigenvalue weighted by atomic mass is 10.2. The Morgan fingerprint density at radius 2 is 2.16 bits per heavy atom. The molecule has 19 heavy (non-hydrogen) atoms. The van der Waals surface area contributed by atoms with E-state index < -0.39 is 17.7 Å². The number of benzene rings is 1. The van der Waals surface area contributed by atoms with Crippen LogP contribution in [0.5, 0.6) is 0 Å². The highest BCUT2D eigenvalue weighted by molar-refractivity contribution is 7.09. The molecule has 100 valence electrons. The molecule has 0 spiro atoms. The highest BCUT2D eigenvalue weighted by atomic mass is 32.1. The monoisotopic (exact) mass is 283 g/mol. The summed E-state index contributed by atoms with van der Waals surface area (Å²) >= 11 is 1.49. The quantitative estimate of drug-likeness (QED) is 0.758. The van der Waals surface area contributed by atoms with Crippen LogP contribution in [0.25, 0.3) is 0 Å². The molecule has 0 saturated heterocycles. The molecule has 0 aliphatic heterocycles. The number of halogens is 2. The molecule has 1 aromatic carbocycles. The molecule has 7 heteroatoms. The van der Waals surface area contributed by atoms with Crippen LogP contribution in [0.3, 0.4) is 0 Å². The Bertz CT molecular complexity index is 564. The smallest absolute Gasteiger partial charge is 0.319 e. The molecule has 0 aliphatic carbocycles. The number of nitrogens with two attached hydrogens (primary N) is 1. The van der Waals surface area contributed by atoms with Gasteiger partial charge in [-0.15, -0.1) is 11.3 Å². The number of hydrogen-bond donors (Lipinski definition) is 3. The molecule has 0 fully saturated rings. The highest BCUT2D eigenvalue weighted by Crippen LogP contribution is 2.23. The Morgan fingerprint density at radius 3 is 2.79 bits per heavy atom. The molecule has 0 bridgehead atoms. The third-order valence-corrected chi connectivity index (χ3v) is 3.20. The van der Waals surface area contributed by atoms with Crippen LogP contribution in [0.15, 0.2) is 29.6 Å². The first-order valence-corrected chi connectivity index (χ1v) is 6.26. The van der Waals surface area contributed by atoms with Crippen molar-refractivity contribution in [3.63, 3.8) is 0 Å². The molecule has 0 radical (unpaired) electrons. The largest absolute Gasteiger partial charge is 0.397 e. The van der Waals surface area contributed by atoms with Gasteiger partial charge >= 0.3 is 6.03 Å². The third kappa shape index (κ3) is 3.41. The van der Waals surface area contributed by atoms with Gasteiger partial charge in [0.1, 0.15) is 11.5 Å². The first-order valence-electron chi connectivity index (χ1n) is 5.38. The van der Waals surface area contributed by atoms with Crippen molar-refractivity contribution in [2.24, 2.45) is 0 Å². The van der Waals surface area contributed by atoms with Crippen molar-refractivity contribution in [2.45, 2.75) is 6.54 Å². The summed E-state index contributed by atoms with van der Waals surface area (Å²) in [6.45, 7) is 0.326. The Kier molecular flexibility index (Phi) is 3.96. The number of anilines is 2. The van der Waals surface area contributed by atoms with Gasteiger partial charge in [0.2, 0.25) is 0 Å². The van der Waals surface area contributed by atoms with E-state index in [1.165, 1.54) is 11.3 Å². The zero-order chi connectivity index (χ0) is 13.8. The standard InChI is InChI=1S/C12H11F2N3OS/c13-7-4-9(14)11(10(15)5-7)17-12(18)16-6-8-2-1-3-19-8/h1-5H,6,15H2,(H2,16,17,18). The molecule has 2 aromatic rings. The molecule has 4 N–H and O–H groups in total. The fourth-order valence-corrected chi connectivity index (χ4v) is 2.11. The molecule has 0 atom stereocenters. The van der Waals surface area contributed by atoms with E-state index in [1.807, 2.05) is 17.5 Å². The van der Waals surface area contributed by atoms with Gasteiger partial charge in [-0.1, -0.05) is 6.07 Å². The summed E-state index contributed by atoms with van der Waals surface area (Å²) in [5.41, 5.74) is 5.05. The van der Waals surface area contributed by atoms with Crippen LogP contribution in [0.1, 0.15) is 4.88 Å². The highest BCUT2D eigenvalue weighted by Gasteiger charge is 2.12. The van der Waals surface area contributed by atoms with Gasteiger partial charge < -0.3 is 16.4 Å². The Morgan fingerprint density at radius 1 is 1.37 bits per heavy atom. The van der Waals surface area contributed by atoms with Gasteiger partial charge in [-0.25, -0.2) is 13.6 Å². The molecule has 4 nitrogen and oxygen atoms in total. The van der Waals surface area contributed by atoms with E-state index in [-0.39, 0.29) is 11.4 Å². The van der Waals surface area contributed by atoms with Crippen molar-refractivity contribution in [3.05, 3.63) is 46.2 Å². The second-order valence-corrected chi connectivity index (χ2v) is 4.77. The molecular formula is C12H11F2N3OS. The van der Waals surface area contributed by atoms with Gasteiger partial charge in [0.05, 0.1) is 12.2 Å². The van der Waals surface area contributed by atoms with Crippen LogP contribution < -0.4 is 16.4 Å². The SMILES string of the molecule is Nc1cc(F)cc(F)c1NC(=O)NCc1cccs1. The second kappa shape index (κ2) is 5.66. The van der Waals surface area contributed by atoms with Gasteiger partial charge in [0.15, 0.2) is 5.82 Å². The summed E-state index contributed by atoms with van der Waals surface area (Å²) in [4.78, 5) is 12.5. The summed E-state index contributed by atoms with van der Waals surface area (Å²) in [6.07, 6.45) is 0. The van der Waals surface area contributed by atoms with Crippen molar-refractivity contribution < 1.29 is 13.6 Å². The van der Waals surface area contributed by atoms with Gasteiger partial charge in [-0.3, -0.25) is 0 Å². The molecule has 1 aromatic heterocycles. The molecule has 0 unspecified atom stereocenters. The Balaban J connectivity index is 1.99. The summed E-state index contributed by atoms with van der Waals surface area (Å²) < 4.78 is 26.3. The van der Waals surface area contributed by atoms with Gasteiger partial charge in [-0.05, 0) is 17.5 Å². The number of hydrogen-bond acceptors (Lipinski definition) is 3. The van der Waals surface area contributed by atoms with Crippen LogP contribution in [0, 0.1) is 11.6 Å². The minimum absolute atomic E-state index is 0.163. The van der Waals surface area contributed by atoms with Crippen molar-refractivity contribution in [1.82, 2.24) is 5.32 Å². The van der Waals surface area contributed by atoms with Crippen LogP contribution in [-0.2, 0) is 6.54 Å². The predicted octanol–water partition coefficient (Wildman–Crippen LogP) is 2.93. The number of carbonyl (C=O) groups excluding carboxylic acids is 1. The summed E-state index contributed by atoms with van der Waals surface area (Å²) in [7, 11) is 0. The normalized spacial score (nSPS) is 10.2. The number of urea groups is 1. The van der Waals surface area contributed by atoms with E-state index in [0.717, 1.165) is 10.9 Å². The minimum Gasteiger partial charge on any atom is -0.397 e. The number of amides is 2. The summed E-state index contributed by atoms with van der Waals surface area (Å²) in [5, 5.41) is 6.68. The fraction of sp³-hybridized carbons (Fsp3) is 0.0833. The fourth-order valence-electron chi connectivity index (χ4n) is 1.46. The van der Waals surface area contributed by atoms with E-state index >= 15 is 0 Å². The number of thiophene rings is 1. The molecule has 2 rings (SSSR count). The van der Waals surface area contributed by atoms with Crippen LogP contribution in [0.4, 0.5) is 25.0 Å². The van der Waals surface area contributed by atoms with Gasteiger partial charge in [-0.2, -0.15) is 0 Å². The lowest BCUT2D eigenvalue weighted by Gasteiger charge is -2.10. The second-order valence-electron chi connectivity index (χ2n) is 3.74. The van der Waals surface area contributed by atoms with Crippen molar-refractivity contribution in [3.8, 4) is 0 Å². The topological polar surface area (TPSA) is 67.1 Å². The maximum Gasteiger partial charge on any atom is 0.319 e. The minimum atomic E-state index is -0.913. The average molecular weight is 283 g/mol. The average Bonchev–Trinajstić information content (AvgIpc) is 2.84. The Hall–Kier alpha value is -2.15. The maximum absolute atomic E-state index is 13.4.